The highest BCUT2D eigenvalue weighted by Crippen LogP contribution is 2.29. The van der Waals surface area contributed by atoms with E-state index >= 15 is 0 Å². The van der Waals surface area contributed by atoms with E-state index in [0.29, 0.717) is 0 Å². The van der Waals surface area contributed by atoms with E-state index in [1.807, 2.05) is 0 Å². The first-order valence-electron chi connectivity index (χ1n) is 6.89. The highest BCUT2D eigenvalue weighted by Gasteiger charge is 2.23. The van der Waals surface area contributed by atoms with Crippen molar-refractivity contribution in [3.63, 3.8) is 0 Å². The molecule has 1 unspecified atom stereocenters. The van der Waals surface area contributed by atoms with Gasteiger partial charge in [-0.05, 0) is 38.0 Å². The number of hydrazine groups is 1. The fraction of sp³-hybridized carbons (Fsp3) is 0.692. The summed E-state index contributed by atoms with van der Waals surface area (Å²) in [7, 11) is 0. The number of aromatic nitrogens is 2. The van der Waals surface area contributed by atoms with E-state index in [4.69, 9.17) is 10.8 Å². The third-order valence-corrected chi connectivity index (χ3v) is 4.00. The molecule has 1 saturated heterocycles. The zero-order valence-corrected chi connectivity index (χ0v) is 10.9. The van der Waals surface area contributed by atoms with Crippen LogP contribution in [0.15, 0.2) is 0 Å². The lowest BCUT2D eigenvalue weighted by atomic mass is 10.0. The van der Waals surface area contributed by atoms with Gasteiger partial charge in [0.1, 0.15) is 5.82 Å². The van der Waals surface area contributed by atoms with Crippen molar-refractivity contribution in [3.05, 3.63) is 11.3 Å². The molecule has 0 radical (unpaired) electrons. The minimum Gasteiger partial charge on any atom is -0.340 e. The molecule has 2 heterocycles. The highest BCUT2D eigenvalue weighted by atomic mass is 15.3. The van der Waals surface area contributed by atoms with Crippen LogP contribution in [0.3, 0.4) is 0 Å². The number of anilines is 2. The SMILES string of the molecule is CC1CCCN(c2nc3c(c(NN)n2)CCC3)C1. The van der Waals surface area contributed by atoms with Crippen molar-refractivity contribution in [2.75, 3.05) is 23.4 Å². The summed E-state index contributed by atoms with van der Waals surface area (Å²) in [4.78, 5) is 11.6. The van der Waals surface area contributed by atoms with Crippen LogP contribution in [-0.4, -0.2) is 23.1 Å². The Morgan fingerprint density at radius 1 is 1.28 bits per heavy atom. The normalized spacial score (nSPS) is 23.0. The molecule has 1 aliphatic heterocycles. The molecule has 0 saturated carbocycles. The summed E-state index contributed by atoms with van der Waals surface area (Å²) in [6, 6.07) is 0. The van der Waals surface area contributed by atoms with E-state index in [9.17, 15) is 0 Å². The Bertz CT molecular complexity index is 445. The number of piperidine rings is 1. The van der Waals surface area contributed by atoms with Gasteiger partial charge in [0.15, 0.2) is 0 Å². The number of nitrogens with one attached hydrogen (secondary N) is 1. The molecule has 0 amide bonds. The van der Waals surface area contributed by atoms with E-state index in [1.54, 1.807) is 0 Å². The second-order valence-electron chi connectivity index (χ2n) is 5.49. The lowest BCUT2D eigenvalue weighted by Gasteiger charge is -2.31. The summed E-state index contributed by atoms with van der Waals surface area (Å²) in [5.74, 6) is 8.00. The summed E-state index contributed by atoms with van der Waals surface area (Å²) >= 11 is 0. The van der Waals surface area contributed by atoms with Gasteiger partial charge in [-0.1, -0.05) is 6.92 Å². The maximum absolute atomic E-state index is 5.59. The van der Waals surface area contributed by atoms with Crippen molar-refractivity contribution in [2.45, 2.75) is 39.0 Å². The van der Waals surface area contributed by atoms with Crippen LogP contribution in [0.2, 0.25) is 0 Å². The monoisotopic (exact) mass is 247 g/mol. The predicted molar refractivity (Wildman–Crippen MR) is 72.5 cm³/mol. The first kappa shape index (κ1) is 11.7. The first-order chi connectivity index (χ1) is 8.78. The van der Waals surface area contributed by atoms with Crippen LogP contribution in [0, 0.1) is 5.92 Å². The van der Waals surface area contributed by atoms with Crippen molar-refractivity contribution in [1.82, 2.24) is 9.97 Å². The number of nitrogens with zero attached hydrogens (tertiary/aromatic N) is 3. The lowest BCUT2D eigenvalue weighted by Crippen LogP contribution is -2.36. The third-order valence-electron chi connectivity index (χ3n) is 4.00. The summed E-state index contributed by atoms with van der Waals surface area (Å²) in [5.41, 5.74) is 5.14. The molecule has 98 valence electrons. The van der Waals surface area contributed by atoms with Crippen LogP contribution in [0.25, 0.3) is 0 Å². The minimum atomic E-state index is 0.727. The number of nitrogens with two attached hydrogens (primary N) is 1. The highest BCUT2D eigenvalue weighted by molar-refractivity contribution is 5.52. The predicted octanol–water partition coefficient (Wildman–Crippen LogP) is 1.49. The average molecular weight is 247 g/mol. The first-order valence-corrected chi connectivity index (χ1v) is 6.89. The Labute approximate surface area is 108 Å². The average Bonchev–Trinajstić information content (AvgIpc) is 2.85. The van der Waals surface area contributed by atoms with Gasteiger partial charge in [0.25, 0.3) is 0 Å². The number of nitrogen functional groups attached to an aromatic ring is 1. The van der Waals surface area contributed by atoms with Crippen LogP contribution in [0.4, 0.5) is 11.8 Å². The molecule has 1 atom stereocenters. The van der Waals surface area contributed by atoms with Crippen molar-refractivity contribution in [3.8, 4) is 0 Å². The van der Waals surface area contributed by atoms with Gasteiger partial charge in [0.2, 0.25) is 5.95 Å². The number of hydrogen-bond acceptors (Lipinski definition) is 5. The molecule has 1 aromatic heterocycles. The number of hydrogen-bond donors (Lipinski definition) is 2. The smallest absolute Gasteiger partial charge is 0.227 e. The van der Waals surface area contributed by atoms with Crippen LogP contribution < -0.4 is 16.2 Å². The number of aryl methyl sites for hydroxylation is 1. The number of fused-ring (bicyclic) bond motifs is 1. The zero-order chi connectivity index (χ0) is 12.5. The fourth-order valence-electron chi connectivity index (χ4n) is 3.05. The van der Waals surface area contributed by atoms with Gasteiger partial charge in [-0.3, -0.25) is 0 Å². The van der Waals surface area contributed by atoms with Gasteiger partial charge in [-0.15, -0.1) is 0 Å². The van der Waals surface area contributed by atoms with E-state index in [1.165, 1.54) is 30.5 Å². The minimum absolute atomic E-state index is 0.727. The Balaban J connectivity index is 1.92. The van der Waals surface area contributed by atoms with Crippen LogP contribution >= 0.6 is 0 Å². The molecule has 3 N–H and O–H groups in total. The Morgan fingerprint density at radius 3 is 2.94 bits per heavy atom. The Kier molecular flexibility index (Phi) is 3.07. The third kappa shape index (κ3) is 2.03. The van der Waals surface area contributed by atoms with Crippen molar-refractivity contribution in [2.24, 2.45) is 11.8 Å². The molecule has 5 heteroatoms. The molecular formula is C13H21N5. The quantitative estimate of drug-likeness (QED) is 0.612. The fourth-order valence-corrected chi connectivity index (χ4v) is 3.05. The Hall–Kier alpha value is -1.36. The molecule has 1 aliphatic carbocycles. The van der Waals surface area contributed by atoms with E-state index < -0.39 is 0 Å². The van der Waals surface area contributed by atoms with Gasteiger partial charge in [-0.25, -0.2) is 10.8 Å². The second-order valence-corrected chi connectivity index (χ2v) is 5.49. The van der Waals surface area contributed by atoms with Gasteiger partial charge in [-0.2, -0.15) is 4.98 Å². The molecular weight excluding hydrogens is 226 g/mol. The summed E-state index contributed by atoms with van der Waals surface area (Å²) in [6.07, 6.45) is 5.81. The Morgan fingerprint density at radius 2 is 2.17 bits per heavy atom. The second kappa shape index (κ2) is 4.72. The molecule has 0 bridgehead atoms. The zero-order valence-electron chi connectivity index (χ0n) is 10.9. The maximum Gasteiger partial charge on any atom is 0.227 e. The molecule has 1 fully saturated rings. The van der Waals surface area contributed by atoms with Crippen molar-refractivity contribution >= 4 is 11.8 Å². The van der Waals surface area contributed by atoms with Crippen LogP contribution in [-0.2, 0) is 12.8 Å². The summed E-state index contributed by atoms with van der Waals surface area (Å²) < 4.78 is 0. The number of rotatable bonds is 2. The lowest BCUT2D eigenvalue weighted by molar-refractivity contribution is 0.442. The van der Waals surface area contributed by atoms with E-state index in [0.717, 1.165) is 43.6 Å². The van der Waals surface area contributed by atoms with Gasteiger partial charge >= 0.3 is 0 Å². The van der Waals surface area contributed by atoms with Crippen LogP contribution in [0.1, 0.15) is 37.4 Å². The molecule has 3 rings (SSSR count). The molecule has 0 spiro atoms. The largest absolute Gasteiger partial charge is 0.340 e. The van der Waals surface area contributed by atoms with E-state index in [2.05, 4.69) is 22.2 Å². The van der Waals surface area contributed by atoms with Crippen molar-refractivity contribution < 1.29 is 0 Å². The summed E-state index contributed by atoms with van der Waals surface area (Å²) in [5, 5.41) is 0. The van der Waals surface area contributed by atoms with Gasteiger partial charge < -0.3 is 10.3 Å². The van der Waals surface area contributed by atoms with Gasteiger partial charge in [0, 0.05) is 18.7 Å². The van der Waals surface area contributed by atoms with E-state index in [-0.39, 0.29) is 0 Å². The van der Waals surface area contributed by atoms with Crippen molar-refractivity contribution in [1.29, 1.82) is 0 Å². The standard InChI is InChI=1S/C13H21N5/c1-9-4-3-7-18(8-9)13-15-11-6-2-5-10(11)12(16-13)17-14/h9H,2-8,14H2,1H3,(H,15,16,17). The molecule has 2 aliphatic rings. The molecule has 18 heavy (non-hydrogen) atoms. The molecule has 0 aromatic carbocycles. The van der Waals surface area contributed by atoms with Gasteiger partial charge in [0.05, 0.1) is 5.69 Å². The topological polar surface area (TPSA) is 67.1 Å². The van der Waals surface area contributed by atoms with Crippen LogP contribution in [0.5, 0.6) is 0 Å². The maximum atomic E-state index is 5.59. The molecule has 1 aromatic rings. The summed E-state index contributed by atoms with van der Waals surface area (Å²) in [6.45, 7) is 4.41. The molecule has 5 nitrogen and oxygen atoms in total.